The van der Waals surface area contributed by atoms with E-state index in [0.717, 1.165) is 18.8 Å². The molecule has 0 aliphatic heterocycles. The van der Waals surface area contributed by atoms with Crippen LogP contribution in [0.2, 0.25) is 0 Å². The van der Waals surface area contributed by atoms with Gasteiger partial charge in [0.25, 0.3) is 0 Å². The van der Waals surface area contributed by atoms with Gasteiger partial charge in [-0.1, -0.05) is 0 Å². The van der Waals surface area contributed by atoms with Gasteiger partial charge in [-0.25, -0.2) is 14.8 Å². The third-order valence-corrected chi connectivity index (χ3v) is 2.30. The van der Waals surface area contributed by atoms with Crippen molar-refractivity contribution in [2.45, 2.75) is 6.92 Å². The fourth-order valence-corrected chi connectivity index (χ4v) is 1.32. The Labute approximate surface area is 101 Å². The van der Waals surface area contributed by atoms with Crippen LogP contribution in [0.4, 0.5) is 5.82 Å². The zero-order chi connectivity index (χ0) is 12.8. The second-order valence-corrected chi connectivity index (χ2v) is 3.71. The second-order valence-electron chi connectivity index (χ2n) is 3.71. The number of nitrogens with one attached hydrogen (secondary N) is 1. The third kappa shape index (κ3) is 3.67. The first-order valence-electron chi connectivity index (χ1n) is 5.38. The molecule has 1 aromatic rings. The minimum Gasteiger partial charge on any atom is -0.463 e. The number of ether oxygens (including phenoxy) is 1. The minimum atomic E-state index is -0.517. The molecule has 0 fully saturated rings. The van der Waals surface area contributed by atoms with Crippen molar-refractivity contribution in [3.8, 4) is 0 Å². The first-order valence-corrected chi connectivity index (χ1v) is 5.38. The van der Waals surface area contributed by atoms with Gasteiger partial charge in [0, 0.05) is 31.9 Å². The molecule has 6 nitrogen and oxygen atoms in total. The molecule has 6 heteroatoms. The molecule has 0 unspecified atom stereocenters. The van der Waals surface area contributed by atoms with Gasteiger partial charge in [-0.15, -0.1) is 0 Å². The van der Waals surface area contributed by atoms with Gasteiger partial charge in [-0.2, -0.15) is 0 Å². The molecule has 0 aliphatic carbocycles. The van der Waals surface area contributed by atoms with E-state index in [0.29, 0.717) is 5.82 Å². The van der Waals surface area contributed by atoms with Crippen molar-refractivity contribution in [2.24, 2.45) is 0 Å². The van der Waals surface area contributed by atoms with E-state index >= 15 is 0 Å². The van der Waals surface area contributed by atoms with Gasteiger partial charge in [-0.05, 0) is 14.0 Å². The summed E-state index contributed by atoms with van der Waals surface area (Å²) in [5, 5.41) is 3.05. The number of anilines is 1. The maximum atomic E-state index is 11.4. The van der Waals surface area contributed by atoms with E-state index in [4.69, 9.17) is 0 Å². The van der Waals surface area contributed by atoms with Crippen molar-refractivity contribution in [1.29, 1.82) is 0 Å². The molecule has 94 valence electrons. The first-order chi connectivity index (χ1) is 8.08. The Balaban J connectivity index is 2.92. The van der Waals surface area contributed by atoms with Crippen molar-refractivity contribution in [3.05, 3.63) is 17.6 Å². The van der Waals surface area contributed by atoms with Gasteiger partial charge in [0.1, 0.15) is 5.82 Å². The van der Waals surface area contributed by atoms with Crippen molar-refractivity contribution >= 4 is 11.8 Å². The molecule has 0 atom stereocenters. The molecule has 1 rings (SSSR count). The Bertz CT molecular complexity index is 395. The predicted octanol–water partition coefficient (Wildman–Crippen LogP) is 0.227. The van der Waals surface area contributed by atoms with E-state index in [1.165, 1.54) is 7.11 Å². The number of hydrogen-bond acceptors (Lipinski definition) is 6. The number of aromatic nitrogens is 2. The summed E-state index contributed by atoms with van der Waals surface area (Å²) in [6.45, 7) is 3.46. The topological polar surface area (TPSA) is 67.4 Å². The van der Waals surface area contributed by atoms with Crippen molar-refractivity contribution in [3.63, 3.8) is 0 Å². The maximum Gasteiger partial charge on any atom is 0.376 e. The molecule has 1 N–H and O–H groups in total. The Morgan fingerprint density at radius 2 is 2.24 bits per heavy atom. The molecule has 17 heavy (non-hydrogen) atoms. The summed E-state index contributed by atoms with van der Waals surface area (Å²) >= 11 is 0. The summed E-state index contributed by atoms with van der Waals surface area (Å²) in [5.74, 6) is 0.295. The van der Waals surface area contributed by atoms with Gasteiger partial charge in [0.15, 0.2) is 0 Å². The van der Waals surface area contributed by atoms with Crippen LogP contribution in [0.5, 0.6) is 0 Å². The molecule has 0 saturated heterocycles. The fourth-order valence-electron chi connectivity index (χ4n) is 1.32. The Morgan fingerprint density at radius 1 is 1.53 bits per heavy atom. The molecular weight excluding hydrogens is 220 g/mol. The van der Waals surface area contributed by atoms with Crippen LogP contribution in [-0.4, -0.2) is 50.2 Å². The average molecular weight is 238 g/mol. The van der Waals surface area contributed by atoms with E-state index in [-0.39, 0.29) is 5.82 Å². The molecule has 1 aromatic heterocycles. The summed E-state index contributed by atoms with van der Waals surface area (Å²) in [5.41, 5.74) is 0.742. The number of hydrogen-bond donors (Lipinski definition) is 1. The Kier molecular flexibility index (Phi) is 4.84. The number of likely N-dealkylation sites (N-methyl/N-ethyl adjacent to an activating group) is 2. The summed E-state index contributed by atoms with van der Waals surface area (Å²) in [4.78, 5) is 21.5. The first kappa shape index (κ1) is 13.4. The highest BCUT2D eigenvalue weighted by Gasteiger charge is 2.13. The maximum absolute atomic E-state index is 11.4. The Morgan fingerprint density at radius 3 is 2.82 bits per heavy atom. The van der Waals surface area contributed by atoms with E-state index < -0.39 is 5.97 Å². The summed E-state index contributed by atoms with van der Waals surface area (Å²) in [6.07, 6.45) is 0. The van der Waals surface area contributed by atoms with Crippen molar-refractivity contribution in [1.82, 2.24) is 15.3 Å². The van der Waals surface area contributed by atoms with Crippen LogP contribution in [0.3, 0.4) is 0 Å². The second kappa shape index (κ2) is 6.15. The van der Waals surface area contributed by atoms with Crippen LogP contribution in [0.25, 0.3) is 0 Å². The highest BCUT2D eigenvalue weighted by Crippen LogP contribution is 2.10. The number of esters is 1. The molecule has 0 spiro atoms. The smallest absolute Gasteiger partial charge is 0.376 e. The number of methoxy groups -OCH3 is 1. The monoisotopic (exact) mass is 238 g/mol. The molecule has 0 aliphatic rings. The lowest BCUT2D eigenvalue weighted by molar-refractivity contribution is 0.0586. The fraction of sp³-hybridized carbons (Fsp3) is 0.545. The third-order valence-electron chi connectivity index (χ3n) is 2.30. The van der Waals surface area contributed by atoms with Crippen molar-refractivity contribution in [2.75, 3.05) is 39.2 Å². The quantitative estimate of drug-likeness (QED) is 0.741. The normalized spacial score (nSPS) is 10.1. The van der Waals surface area contributed by atoms with Gasteiger partial charge >= 0.3 is 5.97 Å². The van der Waals surface area contributed by atoms with Crippen LogP contribution in [0.15, 0.2) is 6.07 Å². The molecule has 1 heterocycles. The summed E-state index contributed by atoms with van der Waals surface area (Å²) in [6, 6.07) is 1.84. The van der Waals surface area contributed by atoms with E-state index in [9.17, 15) is 4.79 Å². The molecular formula is C11H18N4O2. The number of rotatable bonds is 5. The van der Waals surface area contributed by atoms with Crippen LogP contribution in [0.1, 0.15) is 16.3 Å². The lowest BCUT2D eigenvalue weighted by atomic mass is 10.4. The van der Waals surface area contributed by atoms with Crippen LogP contribution in [0, 0.1) is 6.92 Å². The largest absolute Gasteiger partial charge is 0.463 e. The molecule has 0 aromatic carbocycles. The van der Waals surface area contributed by atoms with Gasteiger partial charge in [0.2, 0.25) is 5.82 Å². The lowest BCUT2D eigenvalue weighted by Crippen LogP contribution is -2.28. The average Bonchev–Trinajstić information content (AvgIpc) is 2.34. The summed E-state index contributed by atoms with van der Waals surface area (Å²) in [7, 11) is 5.12. The van der Waals surface area contributed by atoms with Crippen molar-refractivity contribution < 1.29 is 9.53 Å². The molecule has 0 radical (unpaired) electrons. The van der Waals surface area contributed by atoms with Crippen LogP contribution in [-0.2, 0) is 4.74 Å². The molecule has 0 bridgehead atoms. The number of carbonyl (C=O) groups excluding carboxylic acids is 1. The highest BCUT2D eigenvalue weighted by molar-refractivity contribution is 5.85. The number of aryl methyl sites for hydroxylation is 1. The lowest BCUT2D eigenvalue weighted by Gasteiger charge is -2.18. The molecule has 0 amide bonds. The standard InChI is InChI=1S/C11H18N4O2/c1-8-7-9(15(3)6-5-12-2)14-10(13-8)11(16)17-4/h7,12H,5-6H2,1-4H3. The zero-order valence-corrected chi connectivity index (χ0v) is 10.6. The van der Waals surface area contributed by atoms with Crippen LogP contribution >= 0.6 is 0 Å². The van der Waals surface area contributed by atoms with E-state index in [1.54, 1.807) is 0 Å². The predicted molar refractivity (Wildman–Crippen MR) is 65.3 cm³/mol. The summed E-state index contributed by atoms with van der Waals surface area (Å²) < 4.78 is 4.61. The van der Waals surface area contributed by atoms with E-state index in [1.807, 2.05) is 32.0 Å². The highest BCUT2D eigenvalue weighted by atomic mass is 16.5. The molecule has 0 saturated carbocycles. The van der Waals surface area contributed by atoms with Gasteiger partial charge < -0.3 is 15.0 Å². The number of nitrogens with zero attached hydrogens (tertiary/aromatic N) is 3. The SMILES string of the molecule is CNCCN(C)c1cc(C)nc(C(=O)OC)n1. The Hall–Kier alpha value is -1.69. The van der Waals surface area contributed by atoms with Gasteiger partial charge in [-0.3, -0.25) is 0 Å². The van der Waals surface area contributed by atoms with Gasteiger partial charge in [0.05, 0.1) is 7.11 Å². The van der Waals surface area contributed by atoms with E-state index in [2.05, 4.69) is 20.0 Å². The minimum absolute atomic E-state index is 0.0961. The van der Waals surface area contributed by atoms with Crippen LogP contribution < -0.4 is 10.2 Å². The number of carbonyl (C=O) groups is 1. The zero-order valence-electron chi connectivity index (χ0n) is 10.6.